The van der Waals surface area contributed by atoms with Crippen molar-refractivity contribution in [1.82, 2.24) is 0 Å². The summed E-state index contributed by atoms with van der Waals surface area (Å²) < 4.78 is 0. The van der Waals surface area contributed by atoms with E-state index in [1.54, 1.807) is 24.3 Å². The fourth-order valence-electron chi connectivity index (χ4n) is 1.75. The summed E-state index contributed by atoms with van der Waals surface area (Å²) in [6, 6.07) is 14.4. The van der Waals surface area contributed by atoms with E-state index in [2.05, 4.69) is 30.9 Å². The van der Waals surface area contributed by atoms with E-state index in [1.165, 1.54) is 5.69 Å². The summed E-state index contributed by atoms with van der Waals surface area (Å²) in [4.78, 5) is 2.29. The van der Waals surface area contributed by atoms with E-state index < -0.39 is 0 Å². The van der Waals surface area contributed by atoms with Crippen LogP contribution in [0.15, 0.2) is 48.5 Å². The Labute approximate surface area is 132 Å². The third-order valence-electron chi connectivity index (χ3n) is 2.91. The Hall–Kier alpha value is -2.07. The highest BCUT2D eigenvalue weighted by molar-refractivity contribution is 5.85. The topological polar surface area (TPSA) is 75.5 Å². The van der Waals surface area contributed by atoms with Crippen molar-refractivity contribution in [2.45, 2.75) is 13.8 Å². The number of phenolic OH excluding ortho intramolecular Hbond substituents is 1. The number of hydrogen-bond acceptors (Lipinski definition) is 4. The van der Waals surface area contributed by atoms with Gasteiger partial charge in [0.1, 0.15) is 5.75 Å². The predicted octanol–water partition coefficient (Wildman–Crippen LogP) is 3.51. The number of hydrogen-bond donors (Lipinski definition) is 3. The molecule has 2 aromatic carbocycles. The van der Waals surface area contributed by atoms with E-state index in [1.807, 2.05) is 12.1 Å². The monoisotopic (exact) mass is 309 g/mol. The lowest BCUT2D eigenvalue weighted by atomic mass is 10.2. The normalized spacial score (nSPS) is 9.05. The zero-order valence-corrected chi connectivity index (χ0v) is 13.3. The molecule has 0 aliphatic carbocycles. The van der Waals surface area contributed by atoms with Crippen molar-refractivity contribution in [3.63, 3.8) is 0 Å². The number of phenols is 1. The Morgan fingerprint density at radius 2 is 1.19 bits per heavy atom. The first-order valence-corrected chi connectivity index (χ1v) is 6.71. The van der Waals surface area contributed by atoms with Gasteiger partial charge in [-0.2, -0.15) is 0 Å². The lowest BCUT2D eigenvalue weighted by Crippen LogP contribution is -2.21. The molecule has 5 N–H and O–H groups in total. The molecule has 21 heavy (non-hydrogen) atoms. The second kappa shape index (κ2) is 9.77. The van der Waals surface area contributed by atoms with Gasteiger partial charge < -0.3 is 21.5 Å². The fraction of sp³-hybridized carbons (Fsp3) is 0.250. The second-order valence-electron chi connectivity index (χ2n) is 4.36. The molecule has 0 amide bonds. The molecule has 0 heterocycles. The van der Waals surface area contributed by atoms with Crippen molar-refractivity contribution in [2.24, 2.45) is 0 Å². The summed E-state index contributed by atoms with van der Waals surface area (Å²) in [5.74, 6) is 0.249. The molecule has 0 fully saturated rings. The van der Waals surface area contributed by atoms with Gasteiger partial charge in [-0.25, -0.2) is 0 Å². The third-order valence-corrected chi connectivity index (χ3v) is 2.91. The molecule has 0 spiro atoms. The largest absolute Gasteiger partial charge is 0.508 e. The molecule has 4 nitrogen and oxygen atoms in total. The van der Waals surface area contributed by atoms with E-state index in [0.29, 0.717) is 5.69 Å². The van der Waals surface area contributed by atoms with Crippen LogP contribution in [0, 0.1) is 0 Å². The molecule has 0 saturated heterocycles. The molecule has 0 bridgehead atoms. The van der Waals surface area contributed by atoms with Crippen LogP contribution in [0.3, 0.4) is 0 Å². The van der Waals surface area contributed by atoms with Crippen LogP contribution in [0.5, 0.6) is 5.75 Å². The highest BCUT2D eigenvalue weighted by atomic mass is 35.5. The molecule has 0 saturated carbocycles. The lowest BCUT2D eigenvalue weighted by Gasteiger charge is -2.20. The Bertz CT molecular complexity index is 475. The van der Waals surface area contributed by atoms with E-state index in [9.17, 15) is 0 Å². The van der Waals surface area contributed by atoms with E-state index in [-0.39, 0.29) is 18.2 Å². The maximum absolute atomic E-state index is 8.70. The summed E-state index contributed by atoms with van der Waals surface area (Å²) in [7, 11) is 0. The number of anilines is 3. The molecule has 0 aromatic heterocycles. The Morgan fingerprint density at radius 1 is 0.810 bits per heavy atom. The standard InChI is InChI=1S/C10H16N2.C6H7NO.ClH/c1-3-12(4-2)10-7-5-9(11)6-8-10;7-5-1-3-6(8)4-2-5;/h5-8H,3-4,11H2,1-2H3;1-4,8H,7H2;1H. The van der Waals surface area contributed by atoms with Crippen molar-refractivity contribution in [1.29, 1.82) is 0 Å². The maximum atomic E-state index is 8.70. The van der Waals surface area contributed by atoms with Crippen molar-refractivity contribution < 1.29 is 5.11 Å². The molecule has 0 atom stereocenters. The van der Waals surface area contributed by atoms with Crippen LogP contribution in [0.2, 0.25) is 0 Å². The highest BCUT2D eigenvalue weighted by Gasteiger charge is 1.99. The molecule has 0 aliphatic heterocycles. The van der Waals surface area contributed by atoms with Crippen LogP contribution < -0.4 is 16.4 Å². The smallest absolute Gasteiger partial charge is 0.115 e. The van der Waals surface area contributed by atoms with Crippen molar-refractivity contribution in [3.05, 3.63) is 48.5 Å². The van der Waals surface area contributed by atoms with Gasteiger partial charge in [0.25, 0.3) is 0 Å². The minimum Gasteiger partial charge on any atom is -0.508 e. The fourth-order valence-corrected chi connectivity index (χ4v) is 1.75. The predicted molar refractivity (Wildman–Crippen MR) is 94.2 cm³/mol. The average molecular weight is 310 g/mol. The maximum Gasteiger partial charge on any atom is 0.115 e. The van der Waals surface area contributed by atoms with Crippen molar-refractivity contribution in [3.8, 4) is 5.75 Å². The number of nitrogen functional groups attached to an aromatic ring is 2. The number of halogens is 1. The Balaban J connectivity index is 0.000000390. The zero-order valence-electron chi connectivity index (χ0n) is 12.5. The minimum absolute atomic E-state index is 0. The molecule has 5 heteroatoms. The highest BCUT2D eigenvalue weighted by Crippen LogP contribution is 2.15. The van der Waals surface area contributed by atoms with Crippen molar-refractivity contribution >= 4 is 29.5 Å². The van der Waals surface area contributed by atoms with E-state index >= 15 is 0 Å². The van der Waals surface area contributed by atoms with Gasteiger partial charge in [0.05, 0.1) is 0 Å². The third kappa shape index (κ3) is 6.77. The molecule has 116 valence electrons. The van der Waals surface area contributed by atoms with Gasteiger partial charge in [-0.05, 0) is 62.4 Å². The van der Waals surface area contributed by atoms with Crippen LogP contribution in [-0.4, -0.2) is 18.2 Å². The van der Waals surface area contributed by atoms with E-state index in [0.717, 1.165) is 18.8 Å². The molecular weight excluding hydrogens is 286 g/mol. The number of rotatable bonds is 3. The van der Waals surface area contributed by atoms with Gasteiger partial charge in [-0.1, -0.05) is 0 Å². The SMILES string of the molecule is CCN(CC)c1ccc(N)cc1.Cl.Nc1ccc(O)cc1. The summed E-state index contributed by atoms with van der Waals surface area (Å²) in [5.41, 5.74) is 13.6. The van der Waals surface area contributed by atoms with Gasteiger partial charge in [0, 0.05) is 30.2 Å². The quantitative estimate of drug-likeness (QED) is 0.599. The summed E-state index contributed by atoms with van der Waals surface area (Å²) in [6.45, 7) is 6.39. The number of benzene rings is 2. The average Bonchev–Trinajstić information content (AvgIpc) is 2.46. The van der Waals surface area contributed by atoms with Gasteiger partial charge >= 0.3 is 0 Å². The van der Waals surface area contributed by atoms with E-state index in [4.69, 9.17) is 16.6 Å². The first-order chi connectivity index (χ1) is 9.56. The lowest BCUT2D eigenvalue weighted by molar-refractivity contribution is 0.475. The van der Waals surface area contributed by atoms with Crippen molar-refractivity contribution in [2.75, 3.05) is 29.5 Å². The molecule has 2 rings (SSSR count). The van der Waals surface area contributed by atoms with Crippen LogP contribution in [0.1, 0.15) is 13.8 Å². The zero-order chi connectivity index (χ0) is 15.0. The summed E-state index contributed by atoms with van der Waals surface area (Å²) in [5, 5.41) is 8.70. The second-order valence-corrected chi connectivity index (χ2v) is 4.36. The molecule has 0 unspecified atom stereocenters. The van der Waals surface area contributed by atoms with Crippen LogP contribution in [0.25, 0.3) is 0 Å². The van der Waals surface area contributed by atoms with Gasteiger partial charge in [0.15, 0.2) is 0 Å². The molecule has 2 aromatic rings. The van der Waals surface area contributed by atoms with Crippen LogP contribution in [0.4, 0.5) is 17.1 Å². The molecular formula is C16H24ClN3O. The van der Waals surface area contributed by atoms with Gasteiger partial charge in [-0.3, -0.25) is 0 Å². The summed E-state index contributed by atoms with van der Waals surface area (Å²) >= 11 is 0. The molecule has 0 aliphatic rings. The van der Waals surface area contributed by atoms with Crippen LogP contribution >= 0.6 is 12.4 Å². The number of nitrogens with zero attached hydrogens (tertiary/aromatic N) is 1. The minimum atomic E-state index is 0. The first-order valence-electron chi connectivity index (χ1n) is 6.71. The summed E-state index contributed by atoms with van der Waals surface area (Å²) in [6.07, 6.45) is 0. The first kappa shape index (κ1) is 18.9. The Morgan fingerprint density at radius 3 is 1.52 bits per heavy atom. The van der Waals surface area contributed by atoms with Gasteiger partial charge in [0.2, 0.25) is 0 Å². The van der Waals surface area contributed by atoms with Crippen LogP contribution in [-0.2, 0) is 0 Å². The van der Waals surface area contributed by atoms with Gasteiger partial charge in [-0.15, -0.1) is 12.4 Å². The number of nitrogens with two attached hydrogens (primary N) is 2. The number of aromatic hydroxyl groups is 1. The Kier molecular flexibility index (Phi) is 8.81. The molecule has 0 radical (unpaired) electrons.